The van der Waals surface area contributed by atoms with Gasteiger partial charge in [-0.1, -0.05) is 0 Å². The van der Waals surface area contributed by atoms with Crippen LogP contribution in [0.4, 0.5) is 0 Å². The number of carbonyl (C=O) groups excluding carboxylic acids is 2. The topological polar surface area (TPSA) is 69.4 Å². The largest absolute Gasteiger partial charge is 0.468 e. The minimum absolute atomic E-state index is 0.223. The third kappa shape index (κ3) is 3.73. The minimum atomic E-state index is -0.697. The summed E-state index contributed by atoms with van der Waals surface area (Å²) in [5, 5.41) is -0.223. The van der Waals surface area contributed by atoms with E-state index < -0.39 is 12.0 Å². The number of methoxy groups -OCH3 is 1. The fraction of sp³-hybridized carbons (Fsp3) is 0.714. The Morgan fingerprint density at radius 3 is 2.67 bits per heavy atom. The number of aldehydes is 1. The molecule has 0 saturated carbocycles. The highest BCUT2D eigenvalue weighted by Crippen LogP contribution is 2.10. The average molecular weight is 191 g/mol. The van der Waals surface area contributed by atoms with Gasteiger partial charge >= 0.3 is 5.97 Å². The van der Waals surface area contributed by atoms with Crippen LogP contribution in [0.3, 0.4) is 0 Å². The number of carbonyl (C=O) groups is 2. The van der Waals surface area contributed by atoms with Crippen LogP contribution in [0.5, 0.6) is 0 Å². The molecule has 0 bridgehead atoms. The van der Waals surface area contributed by atoms with Crippen LogP contribution < -0.4 is 5.73 Å². The monoisotopic (exact) mass is 191 g/mol. The molecule has 0 aliphatic heterocycles. The number of hydrogen-bond acceptors (Lipinski definition) is 5. The first-order chi connectivity index (χ1) is 5.65. The van der Waals surface area contributed by atoms with Gasteiger partial charge in [0.2, 0.25) is 0 Å². The van der Waals surface area contributed by atoms with Gasteiger partial charge in [0.05, 0.1) is 12.4 Å². The zero-order valence-corrected chi connectivity index (χ0v) is 7.97. The SMILES string of the molecule is COC(=O)[C@@H](N)CC(C=O)SC. The van der Waals surface area contributed by atoms with Crippen molar-refractivity contribution in [2.75, 3.05) is 13.4 Å². The van der Waals surface area contributed by atoms with Crippen LogP contribution in [-0.2, 0) is 14.3 Å². The maximum absolute atomic E-state index is 10.8. The third-order valence-electron chi connectivity index (χ3n) is 1.44. The molecule has 0 aliphatic rings. The van der Waals surface area contributed by atoms with Gasteiger partial charge in [-0.3, -0.25) is 4.79 Å². The lowest BCUT2D eigenvalue weighted by Crippen LogP contribution is -2.34. The van der Waals surface area contributed by atoms with Gasteiger partial charge in [0.1, 0.15) is 12.3 Å². The molecule has 4 nitrogen and oxygen atoms in total. The summed E-state index contributed by atoms with van der Waals surface area (Å²) in [5.41, 5.74) is 5.43. The standard InChI is InChI=1S/C7H13NO3S/c1-11-7(10)6(8)3-5(4-9)12-2/h4-6H,3,8H2,1-2H3/t5?,6-/m0/s1. The second kappa shape index (κ2) is 6.02. The quantitative estimate of drug-likeness (QED) is 0.481. The Morgan fingerprint density at radius 1 is 1.75 bits per heavy atom. The van der Waals surface area contributed by atoms with Crippen LogP contribution >= 0.6 is 11.8 Å². The number of ether oxygens (including phenoxy) is 1. The van der Waals surface area contributed by atoms with Crippen molar-refractivity contribution in [3.05, 3.63) is 0 Å². The molecule has 1 unspecified atom stereocenters. The van der Waals surface area contributed by atoms with Crippen LogP contribution in [0, 0.1) is 0 Å². The lowest BCUT2D eigenvalue weighted by Gasteiger charge is -2.11. The Bertz CT molecular complexity index is 163. The van der Waals surface area contributed by atoms with Gasteiger partial charge < -0.3 is 15.3 Å². The van der Waals surface area contributed by atoms with E-state index >= 15 is 0 Å². The molecule has 0 amide bonds. The molecule has 0 fully saturated rings. The van der Waals surface area contributed by atoms with Crippen molar-refractivity contribution in [1.29, 1.82) is 0 Å². The number of rotatable bonds is 5. The molecule has 0 saturated heterocycles. The molecular weight excluding hydrogens is 178 g/mol. The van der Waals surface area contributed by atoms with Crippen LogP contribution in [0.2, 0.25) is 0 Å². The Labute approximate surface area is 75.8 Å². The Morgan fingerprint density at radius 2 is 2.33 bits per heavy atom. The maximum atomic E-state index is 10.8. The van der Waals surface area contributed by atoms with Crippen molar-refractivity contribution >= 4 is 24.0 Å². The van der Waals surface area contributed by atoms with Crippen LogP contribution in [-0.4, -0.2) is 36.9 Å². The van der Waals surface area contributed by atoms with Gasteiger partial charge in [-0.05, 0) is 12.7 Å². The number of esters is 1. The van der Waals surface area contributed by atoms with E-state index in [2.05, 4.69) is 4.74 Å². The molecule has 12 heavy (non-hydrogen) atoms. The zero-order valence-electron chi connectivity index (χ0n) is 7.15. The van der Waals surface area contributed by atoms with E-state index in [1.165, 1.54) is 18.9 Å². The molecule has 0 spiro atoms. The van der Waals surface area contributed by atoms with Gasteiger partial charge in [-0.25, -0.2) is 0 Å². The van der Waals surface area contributed by atoms with Gasteiger partial charge in [0.15, 0.2) is 0 Å². The minimum Gasteiger partial charge on any atom is -0.468 e. The number of thioether (sulfide) groups is 1. The molecule has 0 radical (unpaired) electrons. The lowest BCUT2D eigenvalue weighted by atomic mass is 10.2. The van der Waals surface area contributed by atoms with E-state index in [1.54, 1.807) is 6.26 Å². The number of nitrogens with two attached hydrogens (primary N) is 1. The van der Waals surface area contributed by atoms with Crippen molar-refractivity contribution in [1.82, 2.24) is 0 Å². The lowest BCUT2D eigenvalue weighted by molar-refractivity contribution is -0.142. The van der Waals surface area contributed by atoms with Crippen LogP contribution in [0.1, 0.15) is 6.42 Å². The highest BCUT2D eigenvalue weighted by molar-refractivity contribution is 7.99. The van der Waals surface area contributed by atoms with Crippen molar-refractivity contribution in [2.45, 2.75) is 17.7 Å². The van der Waals surface area contributed by atoms with Gasteiger partial charge in [-0.2, -0.15) is 11.8 Å². The van der Waals surface area contributed by atoms with Crippen molar-refractivity contribution < 1.29 is 14.3 Å². The molecule has 0 rings (SSSR count). The summed E-state index contributed by atoms with van der Waals surface area (Å²) in [6.07, 6.45) is 2.91. The predicted octanol–water partition coefficient (Wildman–Crippen LogP) is -0.193. The molecule has 0 aromatic rings. The van der Waals surface area contributed by atoms with E-state index in [9.17, 15) is 9.59 Å². The Kier molecular flexibility index (Phi) is 5.74. The zero-order chi connectivity index (χ0) is 9.56. The molecule has 2 N–H and O–H groups in total. The van der Waals surface area contributed by atoms with Gasteiger partial charge in [-0.15, -0.1) is 0 Å². The van der Waals surface area contributed by atoms with Crippen molar-refractivity contribution in [3.8, 4) is 0 Å². The van der Waals surface area contributed by atoms with E-state index in [0.717, 1.165) is 6.29 Å². The maximum Gasteiger partial charge on any atom is 0.322 e. The fourth-order valence-electron chi connectivity index (χ4n) is 0.705. The summed E-state index contributed by atoms with van der Waals surface area (Å²) >= 11 is 1.37. The van der Waals surface area contributed by atoms with Crippen molar-refractivity contribution in [3.63, 3.8) is 0 Å². The second-order valence-electron chi connectivity index (χ2n) is 2.28. The molecule has 2 atom stereocenters. The van der Waals surface area contributed by atoms with Gasteiger partial charge in [0.25, 0.3) is 0 Å². The first-order valence-corrected chi connectivity index (χ1v) is 4.76. The number of hydrogen-bond donors (Lipinski definition) is 1. The first kappa shape index (κ1) is 11.4. The molecule has 0 aromatic carbocycles. The first-order valence-electron chi connectivity index (χ1n) is 3.47. The highest BCUT2D eigenvalue weighted by atomic mass is 32.2. The van der Waals surface area contributed by atoms with E-state index in [-0.39, 0.29) is 5.25 Å². The fourth-order valence-corrected chi connectivity index (χ4v) is 1.22. The van der Waals surface area contributed by atoms with E-state index in [4.69, 9.17) is 5.73 Å². The smallest absolute Gasteiger partial charge is 0.322 e. The summed E-state index contributed by atoms with van der Waals surface area (Å²) < 4.78 is 4.41. The van der Waals surface area contributed by atoms with E-state index in [1.807, 2.05) is 0 Å². The molecule has 0 aliphatic carbocycles. The summed E-state index contributed by atoms with van der Waals surface area (Å²) in [6, 6.07) is -0.697. The second-order valence-corrected chi connectivity index (χ2v) is 3.35. The Balaban J connectivity index is 3.88. The summed E-state index contributed by atoms with van der Waals surface area (Å²) in [5.74, 6) is -0.476. The molecule has 70 valence electrons. The third-order valence-corrected chi connectivity index (χ3v) is 2.35. The van der Waals surface area contributed by atoms with Crippen LogP contribution in [0.25, 0.3) is 0 Å². The average Bonchev–Trinajstić information content (AvgIpc) is 2.12. The molecule has 5 heteroatoms. The molecular formula is C7H13NO3S. The van der Waals surface area contributed by atoms with Crippen LogP contribution in [0.15, 0.2) is 0 Å². The molecule has 0 aromatic heterocycles. The molecule has 0 heterocycles. The van der Waals surface area contributed by atoms with E-state index in [0.29, 0.717) is 6.42 Å². The summed E-state index contributed by atoms with van der Waals surface area (Å²) in [7, 11) is 1.27. The predicted molar refractivity (Wildman–Crippen MR) is 48.0 cm³/mol. The summed E-state index contributed by atoms with van der Waals surface area (Å²) in [6.45, 7) is 0. The normalized spacial score (nSPS) is 14.9. The Hall–Kier alpha value is -0.550. The van der Waals surface area contributed by atoms with Crippen molar-refractivity contribution in [2.24, 2.45) is 5.73 Å². The highest BCUT2D eigenvalue weighted by Gasteiger charge is 2.18. The summed E-state index contributed by atoms with van der Waals surface area (Å²) in [4.78, 5) is 21.2. The van der Waals surface area contributed by atoms with Gasteiger partial charge in [0, 0.05) is 0 Å².